The first-order valence-corrected chi connectivity index (χ1v) is 7.86. The number of carbonyl (C=O) groups excluding carboxylic acids is 1. The van der Waals surface area contributed by atoms with E-state index in [2.05, 4.69) is 5.32 Å². The molecule has 22 heavy (non-hydrogen) atoms. The van der Waals surface area contributed by atoms with Crippen LogP contribution in [0.2, 0.25) is 5.02 Å². The molecule has 5 nitrogen and oxygen atoms in total. The summed E-state index contributed by atoms with van der Waals surface area (Å²) in [7, 11) is 1.38. The molecule has 2 rings (SSSR count). The van der Waals surface area contributed by atoms with Gasteiger partial charge in [0.2, 0.25) is 0 Å². The van der Waals surface area contributed by atoms with Crippen molar-refractivity contribution < 1.29 is 19.0 Å². The molecule has 1 aromatic rings. The molecule has 0 aromatic heterocycles. The monoisotopic (exact) mass is 327 g/mol. The van der Waals surface area contributed by atoms with E-state index in [9.17, 15) is 4.79 Å². The van der Waals surface area contributed by atoms with Crippen molar-refractivity contribution in [3.05, 3.63) is 23.2 Å². The highest BCUT2D eigenvalue weighted by Crippen LogP contribution is 2.30. The molecule has 0 spiro atoms. The lowest BCUT2D eigenvalue weighted by Crippen LogP contribution is -2.30. The number of rotatable bonds is 7. The summed E-state index contributed by atoms with van der Waals surface area (Å²) < 4.78 is 16.0. The molecule has 0 bridgehead atoms. The number of benzene rings is 1. The zero-order valence-electron chi connectivity index (χ0n) is 12.9. The van der Waals surface area contributed by atoms with Gasteiger partial charge in [0, 0.05) is 17.5 Å². The SMILES string of the molecule is CCC(Nc1cc(Cl)ccc1OCC1CCOC1)C(=O)OC. The number of hydrogen-bond acceptors (Lipinski definition) is 5. The quantitative estimate of drug-likeness (QED) is 0.780. The number of halogens is 1. The van der Waals surface area contributed by atoms with Gasteiger partial charge in [-0.2, -0.15) is 0 Å². The van der Waals surface area contributed by atoms with E-state index in [1.54, 1.807) is 12.1 Å². The largest absolute Gasteiger partial charge is 0.491 e. The summed E-state index contributed by atoms with van der Waals surface area (Å²) in [5, 5.41) is 3.73. The van der Waals surface area contributed by atoms with E-state index < -0.39 is 6.04 Å². The summed E-state index contributed by atoms with van der Waals surface area (Å²) in [5.74, 6) is 0.780. The zero-order chi connectivity index (χ0) is 15.9. The first kappa shape index (κ1) is 16.9. The lowest BCUT2D eigenvalue weighted by molar-refractivity contribution is -0.141. The third-order valence-electron chi connectivity index (χ3n) is 3.66. The minimum atomic E-state index is -0.430. The number of hydrogen-bond donors (Lipinski definition) is 1. The van der Waals surface area contributed by atoms with Crippen molar-refractivity contribution in [2.75, 3.05) is 32.2 Å². The maximum Gasteiger partial charge on any atom is 0.328 e. The Morgan fingerprint density at radius 1 is 1.55 bits per heavy atom. The topological polar surface area (TPSA) is 56.8 Å². The summed E-state index contributed by atoms with van der Waals surface area (Å²) in [4.78, 5) is 11.7. The third-order valence-corrected chi connectivity index (χ3v) is 3.90. The highest BCUT2D eigenvalue weighted by atomic mass is 35.5. The number of esters is 1. The highest BCUT2D eigenvalue weighted by molar-refractivity contribution is 6.30. The molecular formula is C16H22ClNO4. The molecule has 1 aliphatic heterocycles. The Morgan fingerprint density at radius 3 is 3.00 bits per heavy atom. The Labute approximate surface area is 135 Å². The van der Waals surface area contributed by atoms with Gasteiger partial charge in [-0.1, -0.05) is 18.5 Å². The second-order valence-corrected chi connectivity index (χ2v) is 5.75. The van der Waals surface area contributed by atoms with E-state index in [1.165, 1.54) is 7.11 Å². The van der Waals surface area contributed by atoms with E-state index in [0.717, 1.165) is 19.6 Å². The third kappa shape index (κ3) is 4.52. The Kier molecular flexibility index (Phi) is 6.34. The lowest BCUT2D eigenvalue weighted by atomic mass is 10.1. The maximum atomic E-state index is 11.7. The van der Waals surface area contributed by atoms with Gasteiger partial charge in [0.05, 0.1) is 26.0 Å². The van der Waals surface area contributed by atoms with Gasteiger partial charge in [0.25, 0.3) is 0 Å². The Hall–Kier alpha value is -1.46. The summed E-state index contributed by atoms with van der Waals surface area (Å²) in [6.07, 6.45) is 1.62. The predicted molar refractivity (Wildman–Crippen MR) is 85.6 cm³/mol. The van der Waals surface area contributed by atoms with Crippen LogP contribution < -0.4 is 10.1 Å². The first-order chi connectivity index (χ1) is 10.6. The van der Waals surface area contributed by atoms with Gasteiger partial charge in [-0.3, -0.25) is 0 Å². The number of ether oxygens (including phenoxy) is 3. The van der Waals surface area contributed by atoms with Crippen molar-refractivity contribution in [1.82, 2.24) is 0 Å². The maximum absolute atomic E-state index is 11.7. The van der Waals surface area contributed by atoms with Crippen LogP contribution >= 0.6 is 11.6 Å². The van der Waals surface area contributed by atoms with E-state index in [0.29, 0.717) is 35.4 Å². The van der Waals surface area contributed by atoms with Gasteiger partial charge in [0.1, 0.15) is 11.8 Å². The predicted octanol–water partition coefficient (Wildman–Crippen LogP) is 3.12. The number of methoxy groups -OCH3 is 1. The van der Waals surface area contributed by atoms with Crippen molar-refractivity contribution >= 4 is 23.3 Å². The molecule has 6 heteroatoms. The van der Waals surface area contributed by atoms with Crippen molar-refractivity contribution in [3.63, 3.8) is 0 Å². The van der Waals surface area contributed by atoms with Gasteiger partial charge in [-0.25, -0.2) is 4.79 Å². The molecule has 2 atom stereocenters. The van der Waals surface area contributed by atoms with Crippen molar-refractivity contribution in [2.24, 2.45) is 5.92 Å². The molecule has 0 amide bonds. The van der Waals surface area contributed by atoms with Crippen LogP contribution in [0.25, 0.3) is 0 Å². The molecule has 122 valence electrons. The van der Waals surface area contributed by atoms with Gasteiger partial charge < -0.3 is 19.5 Å². The summed E-state index contributed by atoms with van der Waals surface area (Å²) >= 11 is 6.05. The van der Waals surface area contributed by atoms with E-state index in [4.69, 9.17) is 25.8 Å². The molecule has 2 unspecified atom stereocenters. The Balaban J connectivity index is 2.07. The normalized spacial score (nSPS) is 18.8. The number of nitrogens with one attached hydrogen (secondary N) is 1. The molecule has 1 fully saturated rings. The lowest BCUT2D eigenvalue weighted by Gasteiger charge is -2.19. The van der Waals surface area contributed by atoms with Crippen molar-refractivity contribution in [2.45, 2.75) is 25.8 Å². The molecule has 1 heterocycles. The highest BCUT2D eigenvalue weighted by Gasteiger charge is 2.20. The van der Waals surface area contributed by atoms with Crippen LogP contribution in [0.3, 0.4) is 0 Å². The molecular weight excluding hydrogens is 306 g/mol. The van der Waals surface area contributed by atoms with Crippen LogP contribution in [0.1, 0.15) is 19.8 Å². The van der Waals surface area contributed by atoms with E-state index >= 15 is 0 Å². The minimum absolute atomic E-state index is 0.308. The molecule has 1 saturated heterocycles. The van der Waals surface area contributed by atoms with Crippen LogP contribution in [0.15, 0.2) is 18.2 Å². The van der Waals surface area contributed by atoms with E-state index in [1.807, 2.05) is 13.0 Å². The van der Waals surface area contributed by atoms with Gasteiger partial charge in [-0.15, -0.1) is 0 Å². The molecule has 1 aliphatic rings. The van der Waals surface area contributed by atoms with Crippen molar-refractivity contribution in [1.29, 1.82) is 0 Å². The zero-order valence-corrected chi connectivity index (χ0v) is 13.7. The van der Waals surface area contributed by atoms with Crippen LogP contribution in [0.4, 0.5) is 5.69 Å². The molecule has 1 N–H and O–H groups in total. The number of anilines is 1. The molecule has 0 aliphatic carbocycles. The summed E-state index contributed by atoms with van der Waals surface area (Å²) in [6, 6.07) is 4.91. The fourth-order valence-corrected chi connectivity index (χ4v) is 2.49. The minimum Gasteiger partial charge on any atom is -0.491 e. The molecule has 0 radical (unpaired) electrons. The fourth-order valence-electron chi connectivity index (χ4n) is 2.32. The van der Waals surface area contributed by atoms with Crippen LogP contribution in [0, 0.1) is 5.92 Å². The molecule has 0 saturated carbocycles. The second kappa shape index (κ2) is 8.25. The van der Waals surface area contributed by atoms with Gasteiger partial charge in [-0.05, 0) is 31.0 Å². The van der Waals surface area contributed by atoms with Crippen LogP contribution in [-0.4, -0.2) is 38.9 Å². The number of carbonyl (C=O) groups is 1. The van der Waals surface area contributed by atoms with Gasteiger partial charge in [0.15, 0.2) is 0 Å². The smallest absolute Gasteiger partial charge is 0.328 e. The fraction of sp³-hybridized carbons (Fsp3) is 0.562. The van der Waals surface area contributed by atoms with Gasteiger partial charge >= 0.3 is 5.97 Å². The van der Waals surface area contributed by atoms with Crippen molar-refractivity contribution in [3.8, 4) is 5.75 Å². The Bertz CT molecular complexity index is 503. The van der Waals surface area contributed by atoms with E-state index in [-0.39, 0.29) is 5.97 Å². The van der Waals surface area contributed by atoms with Crippen LogP contribution in [0.5, 0.6) is 5.75 Å². The average molecular weight is 328 g/mol. The summed E-state index contributed by atoms with van der Waals surface area (Å²) in [6.45, 7) is 4.02. The molecule has 1 aromatic carbocycles. The van der Waals surface area contributed by atoms with Crippen LogP contribution in [-0.2, 0) is 14.3 Å². The average Bonchev–Trinajstić information content (AvgIpc) is 3.04. The second-order valence-electron chi connectivity index (χ2n) is 5.31. The standard InChI is InChI=1S/C16H22ClNO4/c1-3-13(16(19)20-2)18-14-8-12(17)4-5-15(14)22-10-11-6-7-21-9-11/h4-5,8,11,13,18H,3,6-7,9-10H2,1-2H3. The Morgan fingerprint density at radius 2 is 2.36 bits per heavy atom. The first-order valence-electron chi connectivity index (χ1n) is 7.48. The summed E-state index contributed by atoms with van der Waals surface area (Å²) in [5.41, 5.74) is 0.698.